The minimum Gasteiger partial charge on any atom is -0.481 e. The smallest absolute Gasteiger partial charge is 0.303 e. The predicted octanol–water partition coefficient (Wildman–Crippen LogP) is 1.98. The molecule has 0 spiro atoms. The molecule has 0 saturated heterocycles. The van der Waals surface area contributed by atoms with Gasteiger partial charge in [-0.05, 0) is 31.3 Å². The maximum Gasteiger partial charge on any atom is 0.303 e. The van der Waals surface area contributed by atoms with E-state index in [2.05, 4.69) is 0 Å². The molecule has 1 rings (SSSR count). The maximum absolute atomic E-state index is 13.4. The van der Waals surface area contributed by atoms with E-state index < -0.39 is 5.97 Å². The average molecular weight is 201 g/mol. The summed E-state index contributed by atoms with van der Waals surface area (Å²) in [7, 11) is 0. The van der Waals surface area contributed by atoms with Crippen molar-refractivity contribution in [1.29, 1.82) is 0 Å². The second kappa shape index (κ2) is 5.10. The van der Waals surface area contributed by atoms with Crippen molar-refractivity contribution in [3.05, 3.63) is 11.4 Å². The van der Waals surface area contributed by atoms with Gasteiger partial charge in [0.25, 0.3) is 0 Å². The zero-order valence-electron chi connectivity index (χ0n) is 8.13. The Morgan fingerprint density at radius 1 is 1.57 bits per heavy atom. The Morgan fingerprint density at radius 3 is 2.86 bits per heavy atom. The molecule has 0 radical (unpaired) electrons. The first-order chi connectivity index (χ1) is 6.59. The third-order valence-electron chi connectivity index (χ3n) is 2.50. The van der Waals surface area contributed by atoms with E-state index in [0.29, 0.717) is 6.42 Å². The molecule has 1 saturated carbocycles. The molecule has 4 heteroatoms. The van der Waals surface area contributed by atoms with Crippen molar-refractivity contribution in [3.63, 3.8) is 0 Å². The van der Waals surface area contributed by atoms with Crippen LogP contribution in [0.25, 0.3) is 0 Å². The number of aliphatic carboxylic acids is 1. The second-order valence-corrected chi connectivity index (χ2v) is 3.76. The Balaban J connectivity index is 2.49. The number of allylic oxidation sites excluding steroid dienone is 1. The normalized spacial score (nSPS) is 26.0. The van der Waals surface area contributed by atoms with Crippen LogP contribution in [0.3, 0.4) is 0 Å². The van der Waals surface area contributed by atoms with Gasteiger partial charge in [0.1, 0.15) is 0 Å². The van der Waals surface area contributed by atoms with Crippen LogP contribution in [-0.2, 0) is 4.79 Å². The Kier molecular flexibility index (Phi) is 4.07. The topological polar surface area (TPSA) is 63.3 Å². The third kappa shape index (κ3) is 3.46. The summed E-state index contributed by atoms with van der Waals surface area (Å²) in [5.41, 5.74) is 6.43. The molecule has 0 aromatic heterocycles. The molecular formula is C10H16FNO2. The van der Waals surface area contributed by atoms with Crippen LogP contribution in [0.1, 0.15) is 38.5 Å². The molecule has 0 amide bonds. The van der Waals surface area contributed by atoms with Crippen LogP contribution in [0.4, 0.5) is 4.39 Å². The highest BCUT2D eigenvalue weighted by atomic mass is 19.1. The zero-order chi connectivity index (χ0) is 10.6. The van der Waals surface area contributed by atoms with Crippen LogP contribution < -0.4 is 5.73 Å². The summed E-state index contributed by atoms with van der Waals surface area (Å²) in [6.45, 7) is 0. The summed E-state index contributed by atoms with van der Waals surface area (Å²) >= 11 is 0. The van der Waals surface area contributed by atoms with Gasteiger partial charge in [0.15, 0.2) is 0 Å². The fourth-order valence-corrected chi connectivity index (χ4v) is 1.74. The quantitative estimate of drug-likeness (QED) is 0.733. The first-order valence-corrected chi connectivity index (χ1v) is 4.93. The van der Waals surface area contributed by atoms with E-state index in [9.17, 15) is 9.18 Å². The fraction of sp³-hybridized carbons (Fsp3) is 0.700. The average Bonchev–Trinajstić information content (AvgIpc) is 2.14. The van der Waals surface area contributed by atoms with Gasteiger partial charge in [0.2, 0.25) is 0 Å². The maximum atomic E-state index is 13.4. The van der Waals surface area contributed by atoms with Gasteiger partial charge in [0.05, 0.1) is 12.2 Å². The highest BCUT2D eigenvalue weighted by Gasteiger charge is 2.17. The zero-order valence-corrected chi connectivity index (χ0v) is 8.13. The van der Waals surface area contributed by atoms with Gasteiger partial charge in [-0.25, -0.2) is 4.39 Å². The van der Waals surface area contributed by atoms with Crippen LogP contribution in [0.5, 0.6) is 0 Å². The molecule has 0 heterocycles. The summed E-state index contributed by atoms with van der Waals surface area (Å²) in [4.78, 5) is 10.2. The van der Waals surface area contributed by atoms with E-state index in [4.69, 9.17) is 10.8 Å². The van der Waals surface area contributed by atoms with Gasteiger partial charge >= 0.3 is 5.97 Å². The number of nitrogens with two attached hydrogens (primary N) is 1. The minimum absolute atomic E-state index is 0.0113. The van der Waals surface area contributed by atoms with E-state index in [0.717, 1.165) is 24.8 Å². The number of halogens is 1. The third-order valence-corrected chi connectivity index (χ3v) is 2.50. The van der Waals surface area contributed by atoms with Gasteiger partial charge in [-0.1, -0.05) is 0 Å². The van der Waals surface area contributed by atoms with Crippen molar-refractivity contribution >= 4 is 5.97 Å². The molecule has 0 aliphatic heterocycles. The molecule has 0 bridgehead atoms. The molecule has 1 fully saturated rings. The number of rotatable bonds is 3. The van der Waals surface area contributed by atoms with Crippen molar-refractivity contribution in [2.24, 2.45) is 5.73 Å². The molecule has 0 aromatic rings. The lowest BCUT2D eigenvalue weighted by molar-refractivity contribution is -0.137. The van der Waals surface area contributed by atoms with Crippen molar-refractivity contribution < 1.29 is 14.3 Å². The van der Waals surface area contributed by atoms with E-state index in [1.165, 1.54) is 0 Å². The summed E-state index contributed by atoms with van der Waals surface area (Å²) < 4.78 is 13.4. The number of carboxylic acids is 1. The van der Waals surface area contributed by atoms with Crippen LogP contribution in [0.15, 0.2) is 11.4 Å². The van der Waals surface area contributed by atoms with Gasteiger partial charge in [-0.2, -0.15) is 0 Å². The summed E-state index contributed by atoms with van der Waals surface area (Å²) in [5.74, 6) is -1.22. The molecule has 1 atom stereocenters. The Hall–Kier alpha value is -0.900. The van der Waals surface area contributed by atoms with Gasteiger partial charge in [-0.3, -0.25) is 4.79 Å². The Labute approximate surface area is 82.8 Å². The van der Waals surface area contributed by atoms with E-state index in [1.54, 1.807) is 0 Å². The molecule has 3 nitrogen and oxygen atoms in total. The number of hydrogen-bond donors (Lipinski definition) is 2. The van der Waals surface area contributed by atoms with Crippen molar-refractivity contribution in [1.82, 2.24) is 0 Å². The highest BCUT2D eigenvalue weighted by Crippen LogP contribution is 2.27. The molecule has 80 valence electrons. The molecule has 1 aliphatic rings. The molecule has 3 N–H and O–H groups in total. The van der Waals surface area contributed by atoms with Crippen molar-refractivity contribution in [2.45, 2.75) is 44.6 Å². The van der Waals surface area contributed by atoms with Crippen LogP contribution in [0, 0.1) is 0 Å². The van der Waals surface area contributed by atoms with E-state index in [1.807, 2.05) is 0 Å². The first kappa shape index (κ1) is 11.2. The largest absolute Gasteiger partial charge is 0.481 e. The molecule has 1 unspecified atom stereocenters. The van der Waals surface area contributed by atoms with Gasteiger partial charge < -0.3 is 10.8 Å². The van der Waals surface area contributed by atoms with Crippen molar-refractivity contribution in [3.8, 4) is 0 Å². The number of carbonyl (C=O) groups is 1. The van der Waals surface area contributed by atoms with Crippen LogP contribution >= 0.6 is 0 Å². The summed E-state index contributed by atoms with van der Waals surface area (Å²) in [6.07, 6.45) is 3.05. The molecule has 14 heavy (non-hydrogen) atoms. The number of carboxylic acid groups (broad SMARTS) is 1. The predicted molar refractivity (Wildman–Crippen MR) is 51.4 cm³/mol. The lowest BCUT2D eigenvalue weighted by atomic mass is 9.90. The standard InChI is InChI=1S/C10H16FNO2/c11-9(4-5-10(13)14)7-2-1-3-8(12)6-7/h8H,1-6,12H2,(H,13,14)/b9-7-. The highest BCUT2D eigenvalue weighted by molar-refractivity contribution is 5.66. The second-order valence-electron chi connectivity index (χ2n) is 3.76. The fourth-order valence-electron chi connectivity index (χ4n) is 1.74. The monoisotopic (exact) mass is 201 g/mol. The van der Waals surface area contributed by atoms with E-state index >= 15 is 0 Å². The Morgan fingerprint density at radius 2 is 2.29 bits per heavy atom. The lowest BCUT2D eigenvalue weighted by Crippen LogP contribution is -2.24. The number of hydrogen-bond acceptors (Lipinski definition) is 2. The first-order valence-electron chi connectivity index (χ1n) is 4.93. The minimum atomic E-state index is -0.958. The molecular weight excluding hydrogens is 185 g/mol. The SMILES string of the molecule is NC1CCC/C(=C(/F)CCC(=O)O)C1. The summed E-state index contributed by atoms with van der Waals surface area (Å²) in [5, 5.41) is 8.40. The van der Waals surface area contributed by atoms with Crippen molar-refractivity contribution in [2.75, 3.05) is 0 Å². The van der Waals surface area contributed by atoms with Gasteiger partial charge in [0, 0.05) is 12.5 Å². The van der Waals surface area contributed by atoms with Crippen LogP contribution in [0.2, 0.25) is 0 Å². The molecule has 0 aromatic carbocycles. The van der Waals surface area contributed by atoms with Crippen LogP contribution in [-0.4, -0.2) is 17.1 Å². The lowest BCUT2D eigenvalue weighted by Gasteiger charge is -2.21. The van der Waals surface area contributed by atoms with Gasteiger partial charge in [-0.15, -0.1) is 0 Å². The molecule has 1 aliphatic carbocycles. The van der Waals surface area contributed by atoms with E-state index in [-0.39, 0.29) is 24.7 Å². The Bertz CT molecular complexity index is 251. The summed E-state index contributed by atoms with van der Waals surface area (Å²) in [6, 6.07) is 0.0503.